The summed E-state index contributed by atoms with van der Waals surface area (Å²) in [5.41, 5.74) is 0. The first-order valence-corrected chi connectivity index (χ1v) is 3.10. The highest BCUT2D eigenvalue weighted by Gasteiger charge is 2.16. The molecule has 0 spiro atoms. The lowest BCUT2D eigenvalue weighted by Crippen LogP contribution is -2.27. The smallest absolute Gasteiger partial charge is 0.344 e. The number of carbonyl (C=O) groups excluding carboxylic acids is 2. The molecule has 1 heterocycles. The lowest BCUT2D eigenvalue weighted by atomic mass is 10.6. The minimum absolute atomic E-state index is 0.237. The van der Waals surface area contributed by atoms with Crippen molar-refractivity contribution in [3.63, 3.8) is 0 Å². The first-order chi connectivity index (χ1) is 4.79. The maximum atomic E-state index is 10.1. The number of hydrogen-bond donors (Lipinski definition) is 0. The van der Waals surface area contributed by atoms with E-state index >= 15 is 0 Å². The van der Waals surface area contributed by atoms with E-state index in [-0.39, 0.29) is 13.2 Å². The van der Waals surface area contributed by atoms with Gasteiger partial charge >= 0.3 is 11.9 Å². The molecule has 0 aliphatic carbocycles. The van der Waals surface area contributed by atoms with E-state index in [1.807, 2.05) is 13.8 Å². The Morgan fingerprint density at radius 3 is 1.50 bits per heavy atom. The molecule has 4 heteroatoms. The lowest BCUT2D eigenvalue weighted by molar-refractivity contribution is -0.174. The lowest BCUT2D eigenvalue weighted by Gasteiger charge is -2.09. The third-order valence-electron chi connectivity index (χ3n) is 0.702. The Labute approximate surface area is 59.1 Å². The number of rotatable bonds is 0. The summed E-state index contributed by atoms with van der Waals surface area (Å²) < 4.78 is 8.55. The molecule has 0 aromatic rings. The van der Waals surface area contributed by atoms with E-state index in [2.05, 4.69) is 9.47 Å². The largest absolute Gasteiger partial charge is 0.451 e. The van der Waals surface area contributed by atoms with E-state index < -0.39 is 11.9 Å². The van der Waals surface area contributed by atoms with Crippen LogP contribution in [-0.2, 0) is 19.1 Å². The first-order valence-electron chi connectivity index (χ1n) is 3.10. The van der Waals surface area contributed by atoms with Crippen LogP contribution in [0.25, 0.3) is 0 Å². The van der Waals surface area contributed by atoms with Gasteiger partial charge in [0, 0.05) is 0 Å². The second-order valence-electron chi connectivity index (χ2n) is 1.32. The third-order valence-corrected chi connectivity index (χ3v) is 0.702. The molecule has 1 fully saturated rings. The summed E-state index contributed by atoms with van der Waals surface area (Å²) in [5, 5.41) is 0. The molecule has 0 unspecified atom stereocenters. The molecule has 0 aromatic heterocycles. The topological polar surface area (TPSA) is 52.6 Å². The van der Waals surface area contributed by atoms with Crippen molar-refractivity contribution in [2.45, 2.75) is 13.8 Å². The van der Waals surface area contributed by atoms with Gasteiger partial charge < -0.3 is 9.47 Å². The molecule has 58 valence electrons. The Morgan fingerprint density at radius 1 is 1.00 bits per heavy atom. The van der Waals surface area contributed by atoms with Gasteiger partial charge in [-0.3, -0.25) is 0 Å². The average molecular weight is 146 g/mol. The molecule has 0 radical (unpaired) electrons. The van der Waals surface area contributed by atoms with Crippen molar-refractivity contribution in [1.82, 2.24) is 0 Å². The average Bonchev–Trinajstić information content (AvgIpc) is 2.00. The van der Waals surface area contributed by atoms with E-state index in [1.165, 1.54) is 0 Å². The zero-order valence-corrected chi connectivity index (χ0v) is 6.05. The van der Waals surface area contributed by atoms with Crippen LogP contribution >= 0.6 is 0 Å². The molecule has 1 aliphatic rings. The van der Waals surface area contributed by atoms with Crippen LogP contribution in [0.3, 0.4) is 0 Å². The van der Waals surface area contributed by atoms with Crippen LogP contribution in [0, 0.1) is 0 Å². The predicted octanol–water partition coefficient (Wildman–Crippen LogP) is 0.113. The molecular formula is C6H10O4. The number of carbonyl (C=O) groups is 2. The van der Waals surface area contributed by atoms with Crippen LogP contribution in [-0.4, -0.2) is 25.2 Å². The quantitative estimate of drug-likeness (QED) is 0.455. The summed E-state index contributed by atoms with van der Waals surface area (Å²) in [4.78, 5) is 20.2. The predicted molar refractivity (Wildman–Crippen MR) is 33.3 cm³/mol. The van der Waals surface area contributed by atoms with E-state index in [4.69, 9.17) is 0 Å². The summed E-state index contributed by atoms with van der Waals surface area (Å²) in [6.07, 6.45) is 0. The Hall–Kier alpha value is -1.06. The summed E-state index contributed by atoms with van der Waals surface area (Å²) in [7, 11) is 0. The summed E-state index contributed by atoms with van der Waals surface area (Å²) in [6, 6.07) is 0. The van der Waals surface area contributed by atoms with Gasteiger partial charge in [0.05, 0.1) is 0 Å². The highest BCUT2D eigenvalue weighted by Crippen LogP contribution is 1.90. The molecule has 1 aliphatic heterocycles. The fourth-order valence-corrected chi connectivity index (χ4v) is 0.362. The fraction of sp³-hybridized carbons (Fsp3) is 0.667. The normalized spacial score (nSPS) is 16.2. The SMILES string of the molecule is CC.O=C1COC(=O)CO1. The number of esters is 2. The Balaban J connectivity index is 0.000000371. The molecule has 10 heavy (non-hydrogen) atoms. The summed E-state index contributed by atoms with van der Waals surface area (Å²) >= 11 is 0. The van der Waals surface area contributed by atoms with Gasteiger partial charge in [-0.15, -0.1) is 0 Å². The van der Waals surface area contributed by atoms with Gasteiger partial charge in [-0.25, -0.2) is 9.59 Å². The van der Waals surface area contributed by atoms with Crippen LogP contribution in [0.4, 0.5) is 0 Å². The van der Waals surface area contributed by atoms with Crippen LogP contribution < -0.4 is 0 Å². The van der Waals surface area contributed by atoms with E-state index in [1.54, 1.807) is 0 Å². The fourth-order valence-electron chi connectivity index (χ4n) is 0.362. The number of ether oxygens (including phenoxy) is 2. The molecule has 1 saturated heterocycles. The molecule has 0 aromatic carbocycles. The van der Waals surface area contributed by atoms with E-state index in [0.717, 1.165) is 0 Å². The van der Waals surface area contributed by atoms with Gasteiger partial charge in [-0.05, 0) is 0 Å². The standard InChI is InChI=1S/C4H4O4.C2H6/c5-3-1-7-4(6)2-8-3;1-2/h1-2H2;1-2H3. The molecule has 0 bridgehead atoms. The second-order valence-corrected chi connectivity index (χ2v) is 1.32. The van der Waals surface area contributed by atoms with Crippen LogP contribution in [0.15, 0.2) is 0 Å². The molecule has 4 nitrogen and oxygen atoms in total. The van der Waals surface area contributed by atoms with E-state index in [9.17, 15) is 9.59 Å². The minimum atomic E-state index is -0.482. The monoisotopic (exact) mass is 146 g/mol. The van der Waals surface area contributed by atoms with Crippen molar-refractivity contribution in [1.29, 1.82) is 0 Å². The molecule has 0 N–H and O–H groups in total. The first kappa shape index (κ1) is 8.94. The summed E-state index contributed by atoms with van der Waals surface area (Å²) in [6.45, 7) is 3.53. The Morgan fingerprint density at radius 2 is 1.30 bits per heavy atom. The zero-order chi connectivity index (χ0) is 7.98. The molecule has 0 atom stereocenters. The van der Waals surface area contributed by atoms with Crippen molar-refractivity contribution >= 4 is 11.9 Å². The van der Waals surface area contributed by atoms with Crippen molar-refractivity contribution in [2.24, 2.45) is 0 Å². The number of hydrogen-bond acceptors (Lipinski definition) is 4. The highest BCUT2D eigenvalue weighted by atomic mass is 16.6. The summed E-state index contributed by atoms with van der Waals surface area (Å²) in [5.74, 6) is -0.964. The van der Waals surface area contributed by atoms with Crippen molar-refractivity contribution in [3.05, 3.63) is 0 Å². The second kappa shape index (κ2) is 4.78. The Bertz CT molecular complexity index is 102. The van der Waals surface area contributed by atoms with Crippen molar-refractivity contribution in [2.75, 3.05) is 13.2 Å². The van der Waals surface area contributed by atoms with E-state index in [0.29, 0.717) is 0 Å². The van der Waals surface area contributed by atoms with Crippen molar-refractivity contribution in [3.8, 4) is 0 Å². The molecular weight excluding hydrogens is 136 g/mol. The van der Waals surface area contributed by atoms with Crippen LogP contribution in [0.1, 0.15) is 13.8 Å². The molecule has 0 amide bonds. The molecule has 0 saturated carbocycles. The van der Waals surface area contributed by atoms with Gasteiger partial charge in [0.1, 0.15) is 0 Å². The number of cyclic esters (lactones) is 2. The van der Waals surface area contributed by atoms with Gasteiger partial charge in [-0.1, -0.05) is 13.8 Å². The van der Waals surface area contributed by atoms with Crippen LogP contribution in [0.2, 0.25) is 0 Å². The van der Waals surface area contributed by atoms with Crippen molar-refractivity contribution < 1.29 is 19.1 Å². The minimum Gasteiger partial charge on any atom is -0.451 e. The zero-order valence-electron chi connectivity index (χ0n) is 6.05. The van der Waals surface area contributed by atoms with Gasteiger partial charge in [-0.2, -0.15) is 0 Å². The third kappa shape index (κ3) is 3.06. The maximum Gasteiger partial charge on any atom is 0.344 e. The Kier molecular flexibility index (Phi) is 4.28. The van der Waals surface area contributed by atoms with Gasteiger partial charge in [0.2, 0.25) is 0 Å². The van der Waals surface area contributed by atoms with Gasteiger partial charge in [0.25, 0.3) is 0 Å². The van der Waals surface area contributed by atoms with Crippen LogP contribution in [0.5, 0.6) is 0 Å². The van der Waals surface area contributed by atoms with Gasteiger partial charge in [0.15, 0.2) is 13.2 Å². The molecule has 1 rings (SSSR count). The highest BCUT2D eigenvalue weighted by molar-refractivity contribution is 5.82. The maximum absolute atomic E-state index is 10.1.